The molecule has 0 amide bonds. The van der Waals surface area contributed by atoms with Gasteiger partial charge < -0.3 is 4.57 Å². The van der Waals surface area contributed by atoms with Gasteiger partial charge in [-0.2, -0.15) is 10.5 Å². The Hall–Kier alpha value is -5.90. The van der Waals surface area contributed by atoms with Crippen molar-refractivity contribution in [3.05, 3.63) is 151 Å². The van der Waals surface area contributed by atoms with Crippen molar-refractivity contribution in [2.45, 2.75) is 0 Å². The number of para-hydroxylation sites is 1. The van der Waals surface area contributed by atoms with E-state index in [0.717, 1.165) is 55.3 Å². The van der Waals surface area contributed by atoms with E-state index in [-0.39, 0.29) is 0 Å². The zero-order chi connectivity index (χ0) is 27.8. The third-order valence-corrected chi connectivity index (χ3v) is 7.69. The van der Waals surface area contributed by atoms with Gasteiger partial charge in [0.15, 0.2) is 0 Å². The monoisotopic (exact) mass is 521 g/mol. The molecule has 0 bridgehead atoms. The van der Waals surface area contributed by atoms with Crippen molar-refractivity contribution in [3.63, 3.8) is 0 Å². The maximum Gasteiger partial charge on any atom is 0.0998 e. The Kier molecular flexibility index (Phi) is 5.90. The van der Waals surface area contributed by atoms with Gasteiger partial charge in [-0.15, -0.1) is 0 Å². The maximum atomic E-state index is 10.1. The van der Waals surface area contributed by atoms with E-state index in [2.05, 4.69) is 108 Å². The van der Waals surface area contributed by atoms with Gasteiger partial charge in [0.2, 0.25) is 0 Å². The van der Waals surface area contributed by atoms with E-state index in [1.807, 2.05) is 30.3 Å². The highest BCUT2D eigenvalue weighted by atomic mass is 15.0. The molecule has 0 aliphatic carbocycles. The molecule has 7 rings (SSSR count). The lowest BCUT2D eigenvalue weighted by atomic mass is 9.89. The van der Waals surface area contributed by atoms with Crippen molar-refractivity contribution in [2.75, 3.05) is 0 Å². The number of rotatable bonds is 4. The third-order valence-electron chi connectivity index (χ3n) is 7.69. The first-order valence-electron chi connectivity index (χ1n) is 13.5. The van der Waals surface area contributed by atoms with Crippen LogP contribution in [0.3, 0.4) is 0 Å². The summed E-state index contributed by atoms with van der Waals surface area (Å²) in [6, 6.07) is 51.9. The lowest BCUT2D eigenvalue weighted by molar-refractivity contribution is 1.18. The van der Waals surface area contributed by atoms with E-state index in [0.29, 0.717) is 16.7 Å². The molecule has 0 spiro atoms. The summed E-state index contributed by atoms with van der Waals surface area (Å²) in [6.45, 7) is 0. The van der Waals surface area contributed by atoms with Crippen LogP contribution < -0.4 is 0 Å². The number of nitriles is 2. The summed E-state index contributed by atoms with van der Waals surface area (Å²) in [4.78, 5) is 0. The Morgan fingerprint density at radius 2 is 1.07 bits per heavy atom. The van der Waals surface area contributed by atoms with E-state index in [4.69, 9.17) is 0 Å². The van der Waals surface area contributed by atoms with Gasteiger partial charge in [-0.3, -0.25) is 0 Å². The molecule has 6 aromatic carbocycles. The Labute approximate surface area is 238 Å². The van der Waals surface area contributed by atoms with Crippen LogP contribution in [0.25, 0.3) is 60.9 Å². The van der Waals surface area contributed by atoms with Crippen molar-refractivity contribution < 1.29 is 0 Å². The van der Waals surface area contributed by atoms with Gasteiger partial charge in [-0.05, 0) is 58.7 Å². The highest BCUT2D eigenvalue weighted by Crippen LogP contribution is 2.45. The standard InChI is InChI=1S/C38H23N3/c39-24-29-15-10-16-30(25-40)36(29)33-21-20-32(27-13-6-2-7-14-27)38-37(33)34-23-28(26-11-4-1-5-12-26)19-22-35(34)41(38)31-17-8-3-9-18-31/h1-23H. The van der Waals surface area contributed by atoms with Gasteiger partial charge in [-0.1, -0.05) is 103 Å². The lowest BCUT2D eigenvalue weighted by Gasteiger charge is -2.15. The molecular formula is C38H23N3. The minimum Gasteiger partial charge on any atom is -0.309 e. The Balaban J connectivity index is 1.72. The molecule has 0 N–H and O–H groups in total. The fourth-order valence-electron chi connectivity index (χ4n) is 5.89. The summed E-state index contributed by atoms with van der Waals surface area (Å²) in [5.74, 6) is 0. The predicted octanol–water partition coefficient (Wildman–Crippen LogP) is 9.53. The Bertz CT molecular complexity index is 2110. The third kappa shape index (κ3) is 3.97. The van der Waals surface area contributed by atoms with Gasteiger partial charge in [0.05, 0.1) is 34.3 Å². The molecule has 7 aromatic rings. The predicted molar refractivity (Wildman–Crippen MR) is 167 cm³/mol. The van der Waals surface area contributed by atoms with Crippen LogP contribution in [0.2, 0.25) is 0 Å². The molecule has 41 heavy (non-hydrogen) atoms. The first kappa shape index (κ1) is 24.2. The van der Waals surface area contributed by atoms with Crippen molar-refractivity contribution in [2.24, 2.45) is 0 Å². The minimum atomic E-state index is 0.484. The molecule has 190 valence electrons. The first-order chi connectivity index (χ1) is 20.3. The molecular weight excluding hydrogens is 498 g/mol. The van der Waals surface area contributed by atoms with Crippen LogP contribution in [0.5, 0.6) is 0 Å². The zero-order valence-corrected chi connectivity index (χ0v) is 22.1. The molecule has 0 saturated carbocycles. The molecule has 0 radical (unpaired) electrons. The molecule has 3 heteroatoms. The van der Waals surface area contributed by atoms with Crippen LogP contribution in [-0.2, 0) is 0 Å². The summed E-state index contributed by atoms with van der Waals surface area (Å²) >= 11 is 0. The van der Waals surface area contributed by atoms with E-state index in [1.54, 1.807) is 18.2 Å². The Morgan fingerprint density at radius 1 is 0.488 bits per heavy atom. The second kappa shape index (κ2) is 10.0. The smallest absolute Gasteiger partial charge is 0.0998 e. The van der Waals surface area contributed by atoms with Crippen molar-refractivity contribution in [1.29, 1.82) is 10.5 Å². The summed E-state index contributed by atoms with van der Waals surface area (Å²) in [6.07, 6.45) is 0. The Morgan fingerprint density at radius 3 is 1.71 bits per heavy atom. The molecule has 0 atom stereocenters. The SMILES string of the molecule is N#Cc1cccc(C#N)c1-c1ccc(-c2ccccc2)c2c1c1cc(-c3ccccc3)ccc1n2-c1ccccc1. The highest BCUT2D eigenvalue weighted by Gasteiger charge is 2.23. The molecule has 1 aromatic heterocycles. The summed E-state index contributed by atoms with van der Waals surface area (Å²) in [7, 11) is 0. The quantitative estimate of drug-likeness (QED) is 0.232. The molecule has 0 aliphatic heterocycles. The van der Waals surface area contributed by atoms with Crippen molar-refractivity contribution >= 4 is 21.8 Å². The molecule has 1 heterocycles. The largest absolute Gasteiger partial charge is 0.309 e. The molecule has 0 saturated heterocycles. The number of benzene rings is 6. The number of hydrogen-bond donors (Lipinski definition) is 0. The van der Waals surface area contributed by atoms with Crippen molar-refractivity contribution in [3.8, 4) is 51.2 Å². The number of hydrogen-bond acceptors (Lipinski definition) is 2. The van der Waals surface area contributed by atoms with Gasteiger partial charge in [0, 0.05) is 27.6 Å². The minimum absolute atomic E-state index is 0.484. The summed E-state index contributed by atoms with van der Waals surface area (Å²) in [5, 5.41) is 22.3. The lowest BCUT2D eigenvalue weighted by Crippen LogP contribution is -1.96. The summed E-state index contributed by atoms with van der Waals surface area (Å²) < 4.78 is 2.31. The number of fused-ring (bicyclic) bond motifs is 3. The van der Waals surface area contributed by atoms with Crippen molar-refractivity contribution in [1.82, 2.24) is 4.57 Å². The molecule has 0 unspecified atom stereocenters. The number of aromatic nitrogens is 1. The van der Waals surface area contributed by atoms with Crippen LogP contribution in [0.4, 0.5) is 0 Å². The van der Waals surface area contributed by atoms with Crippen LogP contribution >= 0.6 is 0 Å². The van der Waals surface area contributed by atoms with Gasteiger partial charge in [-0.25, -0.2) is 0 Å². The second-order valence-corrected chi connectivity index (χ2v) is 9.97. The van der Waals surface area contributed by atoms with Gasteiger partial charge in [0.1, 0.15) is 0 Å². The van der Waals surface area contributed by atoms with Gasteiger partial charge >= 0.3 is 0 Å². The maximum absolute atomic E-state index is 10.1. The van der Waals surface area contributed by atoms with Gasteiger partial charge in [0.25, 0.3) is 0 Å². The average molecular weight is 522 g/mol. The zero-order valence-electron chi connectivity index (χ0n) is 22.1. The van der Waals surface area contributed by atoms with E-state index in [9.17, 15) is 10.5 Å². The molecule has 0 fully saturated rings. The van der Waals surface area contributed by atoms with Crippen LogP contribution in [0.1, 0.15) is 11.1 Å². The highest BCUT2D eigenvalue weighted by molar-refractivity contribution is 6.20. The summed E-state index contributed by atoms with van der Waals surface area (Å²) in [5.41, 5.74) is 10.1. The topological polar surface area (TPSA) is 52.5 Å². The first-order valence-corrected chi connectivity index (χ1v) is 13.5. The fraction of sp³-hybridized carbons (Fsp3) is 0. The fourth-order valence-corrected chi connectivity index (χ4v) is 5.89. The van der Waals surface area contributed by atoms with Crippen LogP contribution in [-0.4, -0.2) is 4.57 Å². The van der Waals surface area contributed by atoms with Crippen LogP contribution in [0, 0.1) is 22.7 Å². The normalized spacial score (nSPS) is 10.9. The molecule has 3 nitrogen and oxygen atoms in total. The van der Waals surface area contributed by atoms with Crippen LogP contribution in [0.15, 0.2) is 140 Å². The number of nitrogens with zero attached hydrogens (tertiary/aromatic N) is 3. The molecule has 0 aliphatic rings. The average Bonchev–Trinajstić information content (AvgIpc) is 3.40. The van der Waals surface area contributed by atoms with E-state index in [1.165, 1.54) is 0 Å². The second-order valence-electron chi connectivity index (χ2n) is 9.97. The van der Waals surface area contributed by atoms with E-state index >= 15 is 0 Å². The van der Waals surface area contributed by atoms with E-state index < -0.39 is 0 Å².